The number of aromatic nitrogens is 6. The summed E-state index contributed by atoms with van der Waals surface area (Å²) in [5.41, 5.74) is 1.72. The number of aromatic amines is 2. The number of halogens is 1. The summed E-state index contributed by atoms with van der Waals surface area (Å²) in [5, 5.41) is 22.7. The second-order valence-corrected chi connectivity index (χ2v) is 5.76. The van der Waals surface area contributed by atoms with Gasteiger partial charge in [0.25, 0.3) is 5.91 Å². The SMILES string of the molecule is O=C(Nc1cccc(OCc2nn[nH]n2)c1)c1cc(-c2ccn[nH]2)ccc1F. The molecule has 4 rings (SSSR count). The van der Waals surface area contributed by atoms with Crippen LogP contribution in [0.3, 0.4) is 0 Å². The minimum atomic E-state index is -0.620. The van der Waals surface area contributed by atoms with Gasteiger partial charge in [0.1, 0.15) is 11.6 Å². The molecule has 0 spiro atoms. The molecule has 0 bridgehead atoms. The van der Waals surface area contributed by atoms with Crippen molar-refractivity contribution in [1.29, 1.82) is 0 Å². The molecule has 0 aliphatic carbocycles. The van der Waals surface area contributed by atoms with E-state index in [0.717, 1.165) is 0 Å². The summed E-state index contributed by atoms with van der Waals surface area (Å²) in [6.07, 6.45) is 1.58. The number of nitrogens with one attached hydrogen (secondary N) is 3. The summed E-state index contributed by atoms with van der Waals surface area (Å²) in [7, 11) is 0. The van der Waals surface area contributed by atoms with Crippen molar-refractivity contribution in [3.8, 4) is 17.0 Å². The smallest absolute Gasteiger partial charge is 0.258 e. The van der Waals surface area contributed by atoms with E-state index in [-0.39, 0.29) is 12.2 Å². The van der Waals surface area contributed by atoms with Crippen molar-refractivity contribution in [2.75, 3.05) is 5.32 Å². The number of nitrogens with zero attached hydrogens (tertiary/aromatic N) is 4. The molecule has 9 nitrogen and oxygen atoms in total. The zero-order valence-corrected chi connectivity index (χ0v) is 14.4. The van der Waals surface area contributed by atoms with Crippen LogP contribution in [0.1, 0.15) is 16.2 Å². The first-order valence-corrected chi connectivity index (χ1v) is 8.25. The Hall–Kier alpha value is -4.08. The molecule has 4 aromatic rings. The number of carbonyl (C=O) groups excluding carboxylic acids is 1. The van der Waals surface area contributed by atoms with Crippen molar-refractivity contribution in [2.24, 2.45) is 0 Å². The fraction of sp³-hybridized carbons (Fsp3) is 0.0556. The Kier molecular flexibility index (Phi) is 4.74. The molecule has 0 aliphatic heterocycles. The number of hydrogen-bond donors (Lipinski definition) is 3. The van der Waals surface area contributed by atoms with Gasteiger partial charge in [0.05, 0.1) is 11.3 Å². The van der Waals surface area contributed by atoms with E-state index >= 15 is 0 Å². The minimum Gasteiger partial charge on any atom is -0.485 e. The average molecular weight is 379 g/mol. The third kappa shape index (κ3) is 3.85. The number of rotatable bonds is 6. The minimum absolute atomic E-state index is 0.0785. The summed E-state index contributed by atoms with van der Waals surface area (Å²) < 4.78 is 19.7. The highest BCUT2D eigenvalue weighted by Gasteiger charge is 2.14. The highest BCUT2D eigenvalue weighted by atomic mass is 19.1. The van der Waals surface area contributed by atoms with Gasteiger partial charge in [-0.15, -0.1) is 10.2 Å². The zero-order chi connectivity index (χ0) is 19.3. The Morgan fingerprint density at radius 3 is 2.89 bits per heavy atom. The van der Waals surface area contributed by atoms with Gasteiger partial charge < -0.3 is 10.1 Å². The van der Waals surface area contributed by atoms with Gasteiger partial charge in [0.15, 0.2) is 6.61 Å². The molecule has 2 heterocycles. The molecule has 10 heteroatoms. The topological polar surface area (TPSA) is 121 Å². The molecular weight excluding hydrogens is 365 g/mol. The maximum absolute atomic E-state index is 14.2. The average Bonchev–Trinajstić information content (AvgIpc) is 3.41. The maximum Gasteiger partial charge on any atom is 0.258 e. The van der Waals surface area contributed by atoms with E-state index in [1.165, 1.54) is 12.1 Å². The molecule has 1 amide bonds. The molecule has 0 fully saturated rings. The largest absolute Gasteiger partial charge is 0.485 e. The van der Waals surface area contributed by atoms with Crippen LogP contribution >= 0.6 is 0 Å². The van der Waals surface area contributed by atoms with Crippen molar-refractivity contribution >= 4 is 11.6 Å². The van der Waals surface area contributed by atoms with Crippen molar-refractivity contribution in [2.45, 2.75) is 6.61 Å². The van der Waals surface area contributed by atoms with Crippen LogP contribution in [0.25, 0.3) is 11.3 Å². The molecule has 2 aromatic carbocycles. The number of benzene rings is 2. The number of hydrogen-bond acceptors (Lipinski definition) is 6. The van der Waals surface area contributed by atoms with E-state index in [2.05, 4.69) is 36.1 Å². The van der Waals surface area contributed by atoms with Gasteiger partial charge in [-0.1, -0.05) is 11.3 Å². The molecule has 0 atom stereocenters. The number of ether oxygens (including phenoxy) is 1. The third-order valence-electron chi connectivity index (χ3n) is 3.87. The number of anilines is 1. The van der Waals surface area contributed by atoms with Crippen LogP contribution in [0.4, 0.5) is 10.1 Å². The zero-order valence-electron chi connectivity index (χ0n) is 14.4. The van der Waals surface area contributed by atoms with E-state index < -0.39 is 11.7 Å². The van der Waals surface area contributed by atoms with Gasteiger partial charge in [-0.3, -0.25) is 9.89 Å². The molecule has 3 N–H and O–H groups in total. The Labute approximate surface area is 157 Å². The highest BCUT2D eigenvalue weighted by molar-refractivity contribution is 6.05. The lowest BCUT2D eigenvalue weighted by Gasteiger charge is -2.09. The standard InChI is InChI=1S/C18H14FN7O2/c19-15-5-4-11(16-6-7-20-22-16)8-14(15)18(27)21-12-2-1-3-13(9-12)28-10-17-23-25-26-24-17/h1-9H,10H2,(H,20,22)(H,21,27)(H,23,24,25,26). The van der Waals surface area contributed by atoms with E-state index in [4.69, 9.17) is 4.74 Å². The Bertz CT molecular complexity index is 1080. The summed E-state index contributed by atoms with van der Waals surface area (Å²) in [6.45, 7) is 0.120. The highest BCUT2D eigenvalue weighted by Crippen LogP contribution is 2.22. The van der Waals surface area contributed by atoms with Crippen molar-refractivity contribution in [3.05, 3.63) is 71.9 Å². The lowest BCUT2D eigenvalue weighted by molar-refractivity contribution is 0.102. The molecule has 0 saturated carbocycles. The van der Waals surface area contributed by atoms with Gasteiger partial charge in [0.2, 0.25) is 5.82 Å². The molecule has 0 aliphatic rings. The van der Waals surface area contributed by atoms with E-state index in [1.807, 2.05) is 0 Å². The van der Waals surface area contributed by atoms with Crippen LogP contribution < -0.4 is 10.1 Å². The van der Waals surface area contributed by atoms with Crippen LogP contribution in [0.2, 0.25) is 0 Å². The van der Waals surface area contributed by atoms with Gasteiger partial charge in [0, 0.05) is 23.5 Å². The van der Waals surface area contributed by atoms with Gasteiger partial charge in [-0.2, -0.15) is 10.3 Å². The maximum atomic E-state index is 14.2. The Morgan fingerprint density at radius 2 is 2.11 bits per heavy atom. The first-order chi connectivity index (χ1) is 13.7. The molecule has 0 saturated heterocycles. The first kappa shape index (κ1) is 17.3. The second kappa shape index (κ2) is 7.66. The Morgan fingerprint density at radius 1 is 1.18 bits per heavy atom. The fourth-order valence-electron chi connectivity index (χ4n) is 2.54. The third-order valence-corrected chi connectivity index (χ3v) is 3.87. The van der Waals surface area contributed by atoms with Crippen LogP contribution in [-0.2, 0) is 6.61 Å². The predicted molar refractivity (Wildman–Crippen MR) is 96.9 cm³/mol. The van der Waals surface area contributed by atoms with Gasteiger partial charge in [-0.05, 0) is 36.4 Å². The van der Waals surface area contributed by atoms with E-state index in [0.29, 0.717) is 28.5 Å². The quantitative estimate of drug-likeness (QED) is 0.473. The van der Waals surface area contributed by atoms with Crippen LogP contribution in [0.5, 0.6) is 5.75 Å². The molecule has 2 aromatic heterocycles. The summed E-state index contributed by atoms with van der Waals surface area (Å²) in [6, 6.07) is 12.7. The monoisotopic (exact) mass is 379 g/mol. The number of tetrazole rings is 1. The second-order valence-electron chi connectivity index (χ2n) is 5.76. The van der Waals surface area contributed by atoms with Crippen LogP contribution in [0.15, 0.2) is 54.7 Å². The lowest BCUT2D eigenvalue weighted by atomic mass is 10.1. The normalized spacial score (nSPS) is 10.6. The molecule has 0 radical (unpaired) electrons. The Balaban J connectivity index is 1.49. The van der Waals surface area contributed by atoms with E-state index in [9.17, 15) is 9.18 Å². The van der Waals surface area contributed by atoms with Crippen molar-refractivity contribution < 1.29 is 13.9 Å². The molecule has 28 heavy (non-hydrogen) atoms. The van der Waals surface area contributed by atoms with E-state index in [1.54, 1.807) is 42.6 Å². The number of amides is 1. The van der Waals surface area contributed by atoms with Gasteiger partial charge in [-0.25, -0.2) is 4.39 Å². The van der Waals surface area contributed by atoms with Crippen LogP contribution in [-0.4, -0.2) is 36.7 Å². The molecule has 140 valence electrons. The van der Waals surface area contributed by atoms with Crippen molar-refractivity contribution in [1.82, 2.24) is 30.8 Å². The number of carbonyl (C=O) groups is 1. The summed E-state index contributed by atoms with van der Waals surface area (Å²) >= 11 is 0. The lowest BCUT2D eigenvalue weighted by Crippen LogP contribution is -2.14. The predicted octanol–water partition coefficient (Wildman–Crippen LogP) is 2.56. The summed E-state index contributed by atoms with van der Waals surface area (Å²) in [5.74, 6) is -0.305. The molecular formula is C18H14FN7O2. The fourth-order valence-corrected chi connectivity index (χ4v) is 2.54. The van der Waals surface area contributed by atoms with Gasteiger partial charge >= 0.3 is 0 Å². The first-order valence-electron chi connectivity index (χ1n) is 8.25. The summed E-state index contributed by atoms with van der Waals surface area (Å²) in [4.78, 5) is 12.6. The van der Waals surface area contributed by atoms with Crippen molar-refractivity contribution in [3.63, 3.8) is 0 Å². The molecule has 0 unspecified atom stereocenters. The number of H-pyrrole nitrogens is 2. The van der Waals surface area contributed by atoms with Crippen LogP contribution in [0, 0.1) is 5.82 Å².